The first-order valence-electron chi connectivity index (χ1n) is 25.8. The predicted octanol–water partition coefficient (Wildman–Crippen LogP) is 13.0. The van der Waals surface area contributed by atoms with Gasteiger partial charge >= 0.3 is 11.9 Å². The summed E-state index contributed by atoms with van der Waals surface area (Å²) >= 11 is 0. The van der Waals surface area contributed by atoms with Gasteiger partial charge in [0, 0.05) is 0 Å². The fourth-order valence-corrected chi connectivity index (χ4v) is 8.33. The van der Waals surface area contributed by atoms with Crippen LogP contribution in [0.5, 0.6) is 0 Å². The van der Waals surface area contributed by atoms with Crippen molar-refractivity contribution in [3.63, 3.8) is 0 Å². The van der Waals surface area contributed by atoms with Crippen LogP contribution in [0.25, 0.3) is 0 Å². The van der Waals surface area contributed by atoms with Crippen LogP contribution in [-0.4, -0.2) is 68.7 Å². The number of hydrogen-bond acceptors (Lipinski definition) is 5. The van der Waals surface area contributed by atoms with Gasteiger partial charge in [-0.1, -0.05) is 214 Å². The minimum Gasteiger partial charge on any atom is -0.464 e. The zero-order chi connectivity index (χ0) is 42.7. The molecule has 1 N–H and O–H groups in total. The quantitative estimate of drug-likeness (QED) is 0.0489. The van der Waals surface area contributed by atoms with Gasteiger partial charge < -0.3 is 19.3 Å². The molecule has 0 spiro atoms. The molecule has 0 heterocycles. The summed E-state index contributed by atoms with van der Waals surface area (Å²) in [7, 11) is 0. The number of nitrogens with one attached hydrogen (secondary N) is 1. The second-order valence-corrected chi connectivity index (χ2v) is 17.8. The Labute approximate surface area is 361 Å². The summed E-state index contributed by atoms with van der Waals surface area (Å²) in [5.74, 6) is -0.277. The van der Waals surface area contributed by atoms with Crippen LogP contribution in [0, 0.1) is 11.8 Å². The van der Waals surface area contributed by atoms with Gasteiger partial charge in [-0.05, 0) is 39.0 Å². The molecule has 0 saturated carbocycles. The Morgan fingerprint density at radius 2 is 0.707 bits per heavy atom. The van der Waals surface area contributed by atoms with E-state index in [9.17, 15) is 14.4 Å². The highest BCUT2D eigenvalue weighted by molar-refractivity contribution is 5.77. The molecule has 0 aliphatic carbocycles. The Kier molecular flexibility index (Phi) is 42.2. The van der Waals surface area contributed by atoms with Gasteiger partial charge in [0.25, 0.3) is 5.91 Å². The zero-order valence-corrected chi connectivity index (χ0v) is 39.9. The van der Waals surface area contributed by atoms with Crippen LogP contribution >= 0.6 is 0 Å². The van der Waals surface area contributed by atoms with E-state index in [-0.39, 0.29) is 42.9 Å². The number of likely N-dealkylation sites (N-methyl/N-ethyl adjacent to an activating group) is 1. The fraction of sp³-hybridized carbons (Fsp3) is 0.941. The number of amides is 1. The van der Waals surface area contributed by atoms with Gasteiger partial charge in [-0.2, -0.15) is 0 Å². The topological polar surface area (TPSA) is 77.3 Å². The maximum absolute atomic E-state index is 13.7. The van der Waals surface area contributed by atoms with Gasteiger partial charge in [0.1, 0.15) is 13.2 Å². The molecule has 344 valence electrons. The molecule has 1 unspecified atom stereocenters. The maximum Gasteiger partial charge on any atom is 0.308 e. The highest BCUT2D eigenvalue weighted by Crippen LogP contribution is 2.23. The van der Waals surface area contributed by atoms with Gasteiger partial charge in [-0.3, -0.25) is 14.4 Å². The fourth-order valence-electron chi connectivity index (χ4n) is 8.33. The monoisotopic (exact) mass is 822 g/mol. The molecule has 0 aliphatic rings. The highest BCUT2D eigenvalue weighted by Gasteiger charge is 2.24. The number of hydrogen-bond donors (Lipinski definition) is 1. The highest BCUT2D eigenvalue weighted by atomic mass is 16.5. The molecular weight excluding hydrogens is 721 g/mol. The smallest absolute Gasteiger partial charge is 0.308 e. The van der Waals surface area contributed by atoms with Crippen molar-refractivity contribution in [2.45, 2.75) is 253 Å². The number of carbonyl (C=O) groups excluding carboxylic acids is 3. The van der Waals surface area contributed by atoms with Crippen molar-refractivity contribution in [3.8, 4) is 0 Å². The molecular formula is C51H101N2O5+. The van der Waals surface area contributed by atoms with E-state index in [0.29, 0.717) is 19.6 Å². The van der Waals surface area contributed by atoms with Crippen molar-refractivity contribution in [2.24, 2.45) is 11.8 Å². The summed E-state index contributed by atoms with van der Waals surface area (Å²) in [5, 5.41) is 0. The molecule has 58 heavy (non-hydrogen) atoms. The molecule has 0 aromatic carbocycles. The van der Waals surface area contributed by atoms with E-state index in [0.717, 1.165) is 70.9 Å². The first-order valence-corrected chi connectivity index (χ1v) is 25.8. The number of esters is 2. The summed E-state index contributed by atoms with van der Waals surface area (Å²) in [5.41, 5.74) is 0. The summed E-state index contributed by atoms with van der Waals surface area (Å²) in [4.78, 5) is 43.8. The van der Waals surface area contributed by atoms with Gasteiger partial charge in [-0.25, -0.2) is 0 Å². The van der Waals surface area contributed by atoms with E-state index in [1.807, 2.05) is 0 Å². The minimum atomic E-state index is -0.0962. The summed E-state index contributed by atoms with van der Waals surface area (Å²) < 4.78 is 11.9. The normalized spacial score (nSPS) is 12.1. The molecule has 0 fully saturated rings. The molecule has 0 aromatic rings. The minimum absolute atomic E-state index is 0.0442. The van der Waals surface area contributed by atoms with Crippen molar-refractivity contribution >= 4 is 17.8 Å². The van der Waals surface area contributed by atoms with E-state index in [1.165, 1.54) is 159 Å². The molecule has 0 aliphatic heterocycles. The molecule has 0 radical (unpaired) electrons. The molecule has 0 rings (SSSR count). The number of carbonyl (C=O) groups is 3. The molecule has 1 atom stereocenters. The standard InChI is InChI=1S/C51H100N2O5/c1-7-13-17-21-25-29-33-37-47(38-34-30-26-22-18-14-8-2)50(55)57-44-42-53(49(54)46-52(12-6)41-11-5)43-45-58-51(56)48(39-35-31-27-23-19-15-9-3)40-36-32-28-24-20-16-10-4/h47-48H,7-46H2,1-6H3/p+1. The Hall–Kier alpha value is -1.63. The van der Waals surface area contributed by atoms with E-state index in [1.54, 1.807) is 4.90 Å². The lowest BCUT2D eigenvalue weighted by atomic mass is 9.94. The van der Waals surface area contributed by atoms with E-state index < -0.39 is 0 Å². The summed E-state index contributed by atoms with van der Waals surface area (Å²) in [6.07, 6.45) is 39.2. The van der Waals surface area contributed by atoms with E-state index in [2.05, 4.69) is 41.5 Å². The number of quaternary nitrogens is 1. The van der Waals surface area contributed by atoms with Crippen LogP contribution in [0.1, 0.15) is 253 Å². The lowest BCUT2D eigenvalue weighted by molar-refractivity contribution is -0.890. The van der Waals surface area contributed by atoms with Crippen molar-refractivity contribution in [1.82, 2.24) is 4.90 Å². The van der Waals surface area contributed by atoms with Crippen LogP contribution in [0.3, 0.4) is 0 Å². The van der Waals surface area contributed by atoms with Gasteiger partial charge in [0.2, 0.25) is 0 Å². The number of unbranched alkanes of at least 4 members (excludes halogenated alkanes) is 24. The van der Waals surface area contributed by atoms with Crippen molar-refractivity contribution in [1.29, 1.82) is 0 Å². The van der Waals surface area contributed by atoms with E-state index in [4.69, 9.17) is 9.47 Å². The van der Waals surface area contributed by atoms with Crippen LogP contribution in [-0.2, 0) is 23.9 Å². The Bertz CT molecular complexity index is 819. The first-order chi connectivity index (χ1) is 28.4. The third-order valence-corrected chi connectivity index (χ3v) is 12.4. The molecule has 7 nitrogen and oxygen atoms in total. The predicted molar refractivity (Wildman–Crippen MR) is 247 cm³/mol. The Balaban J connectivity index is 5.39. The lowest BCUT2D eigenvalue weighted by Gasteiger charge is -2.26. The third-order valence-electron chi connectivity index (χ3n) is 12.4. The van der Waals surface area contributed by atoms with Crippen molar-refractivity contribution in [2.75, 3.05) is 45.9 Å². The molecule has 0 saturated heterocycles. The van der Waals surface area contributed by atoms with Gasteiger partial charge in [0.05, 0.1) is 38.0 Å². The first kappa shape index (κ1) is 56.4. The molecule has 7 heteroatoms. The Morgan fingerprint density at radius 1 is 0.414 bits per heavy atom. The SMILES string of the molecule is CCCCCCCCCC(CCCCCCCCC)C(=O)OCCN(CCOC(=O)C(CCCCCCCCC)CCCCCCCCC)C(=O)C[NH+](CC)CCC. The van der Waals surface area contributed by atoms with Crippen LogP contribution < -0.4 is 4.90 Å². The average molecular weight is 822 g/mol. The van der Waals surface area contributed by atoms with Gasteiger partial charge in [0.15, 0.2) is 6.54 Å². The number of nitrogens with zero attached hydrogens (tertiary/aromatic N) is 1. The van der Waals surface area contributed by atoms with Crippen molar-refractivity contribution in [3.05, 3.63) is 0 Å². The second kappa shape index (κ2) is 43.5. The summed E-state index contributed by atoms with van der Waals surface area (Å²) in [6.45, 7) is 16.6. The van der Waals surface area contributed by atoms with Crippen LogP contribution in [0.2, 0.25) is 0 Å². The largest absolute Gasteiger partial charge is 0.464 e. The van der Waals surface area contributed by atoms with Crippen LogP contribution in [0.15, 0.2) is 0 Å². The second-order valence-electron chi connectivity index (χ2n) is 17.8. The average Bonchev–Trinajstić information content (AvgIpc) is 3.22. The molecule has 0 bridgehead atoms. The van der Waals surface area contributed by atoms with E-state index >= 15 is 0 Å². The number of rotatable bonds is 45. The molecule has 1 amide bonds. The molecule has 0 aromatic heterocycles. The Morgan fingerprint density at radius 3 is 0.983 bits per heavy atom. The third kappa shape index (κ3) is 34.1. The maximum atomic E-state index is 13.7. The number of ether oxygens (including phenoxy) is 2. The summed E-state index contributed by atoms with van der Waals surface area (Å²) in [6, 6.07) is 0. The van der Waals surface area contributed by atoms with Gasteiger partial charge in [-0.15, -0.1) is 0 Å². The van der Waals surface area contributed by atoms with Crippen LogP contribution in [0.4, 0.5) is 0 Å². The lowest BCUT2D eigenvalue weighted by Crippen LogP contribution is -3.12. The van der Waals surface area contributed by atoms with Crippen molar-refractivity contribution < 1.29 is 28.8 Å². The zero-order valence-electron chi connectivity index (χ0n) is 39.9.